The maximum atomic E-state index is 12.3. The Morgan fingerprint density at radius 1 is 1.05 bits per heavy atom. The van der Waals surface area contributed by atoms with Crippen molar-refractivity contribution < 1.29 is 19.1 Å². The lowest BCUT2D eigenvalue weighted by Crippen LogP contribution is -2.38. The van der Waals surface area contributed by atoms with Crippen LogP contribution in [0.2, 0.25) is 0 Å². The van der Waals surface area contributed by atoms with Gasteiger partial charge in [0.15, 0.2) is 0 Å². The second-order valence-electron chi connectivity index (χ2n) is 5.21. The fourth-order valence-electron chi connectivity index (χ4n) is 2.61. The molecule has 4 amide bonds. The second-order valence-corrected chi connectivity index (χ2v) is 5.21. The van der Waals surface area contributed by atoms with Gasteiger partial charge in [0.2, 0.25) is 0 Å². The lowest BCUT2D eigenvalue weighted by molar-refractivity contribution is -0.143. The standard InChI is InChI=1S/C15H16N2O4/c18-13-14(19)17(10-12-7-4-8-21-12)15(20)16(13)9-11-5-2-1-3-6-11/h1-3,5-6,12H,4,7-10H2/t12-/m1/s1. The summed E-state index contributed by atoms with van der Waals surface area (Å²) >= 11 is 0. The Balaban J connectivity index is 1.72. The van der Waals surface area contributed by atoms with Crippen molar-refractivity contribution in [3.05, 3.63) is 35.9 Å². The van der Waals surface area contributed by atoms with Crippen LogP contribution in [-0.4, -0.2) is 46.9 Å². The van der Waals surface area contributed by atoms with E-state index in [9.17, 15) is 14.4 Å². The molecule has 6 nitrogen and oxygen atoms in total. The normalized spacial score (nSPS) is 22.5. The van der Waals surface area contributed by atoms with Crippen LogP contribution in [0, 0.1) is 0 Å². The van der Waals surface area contributed by atoms with E-state index in [1.165, 1.54) is 0 Å². The molecule has 1 aromatic carbocycles. The summed E-state index contributed by atoms with van der Waals surface area (Å²) in [6.07, 6.45) is 1.58. The van der Waals surface area contributed by atoms with E-state index in [4.69, 9.17) is 4.74 Å². The van der Waals surface area contributed by atoms with Gasteiger partial charge in [-0.25, -0.2) is 4.79 Å². The van der Waals surface area contributed by atoms with Crippen molar-refractivity contribution in [2.24, 2.45) is 0 Å². The van der Waals surface area contributed by atoms with Gasteiger partial charge in [0.1, 0.15) is 0 Å². The number of carbonyl (C=O) groups is 3. The Labute approximate surface area is 122 Å². The molecule has 0 bridgehead atoms. The van der Waals surface area contributed by atoms with Gasteiger partial charge in [-0.3, -0.25) is 19.4 Å². The first kappa shape index (κ1) is 13.8. The zero-order valence-electron chi connectivity index (χ0n) is 11.5. The molecule has 6 heteroatoms. The molecule has 2 saturated heterocycles. The fourth-order valence-corrected chi connectivity index (χ4v) is 2.61. The highest BCUT2D eigenvalue weighted by Crippen LogP contribution is 2.20. The number of benzene rings is 1. The van der Waals surface area contributed by atoms with Crippen molar-refractivity contribution in [2.75, 3.05) is 13.2 Å². The first-order valence-electron chi connectivity index (χ1n) is 6.99. The van der Waals surface area contributed by atoms with E-state index in [0.29, 0.717) is 6.61 Å². The van der Waals surface area contributed by atoms with Gasteiger partial charge in [0, 0.05) is 6.61 Å². The molecule has 0 radical (unpaired) electrons. The molecule has 2 fully saturated rings. The minimum atomic E-state index is -0.762. The molecule has 1 atom stereocenters. The van der Waals surface area contributed by atoms with Gasteiger partial charge in [0.25, 0.3) is 0 Å². The topological polar surface area (TPSA) is 66.9 Å². The number of carbonyl (C=O) groups excluding carboxylic acids is 3. The van der Waals surface area contributed by atoms with E-state index in [2.05, 4.69) is 0 Å². The van der Waals surface area contributed by atoms with E-state index in [1.54, 1.807) is 0 Å². The molecule has 3 rings (SSSR count). The molecule has 0 unspecified atom stereocenters. The highest BCUT2D eigenvalue weighted by molar-refractivity contribution is 6.44. The summed E-state index contributed by atoms with van der Waals surface area (Å²) in [5, 5.41) is 0. The smallest absolute Gasteiger partial charge is 0.334 e. The van der Waals surface area contributed by atoms with Crippen molar-refractivity contribution in [3.63, 3.8) is 0 Å². The molecule has 0 aromatic heterocycles. The summed E-state index contributed by atoms with van der Waals surface area (Å²) in [5.41, 5.74) is 0.811. The lowest BCUT2D eigenvalue weighted by atomic mass is 10.2. The zero-order chi connectivity index (χ0) is 14.8. The van der Waals surface area contributed by atoms with Gasteiger partial charge in [-0.15, -0.1) is 0 Å². The molecular weight excluding hydrogens is 272 g/mol. The summed E-state index contributed by atoms with van der Waals surface area (Å²) in [6.45, 7) is 0.920. The van der Waals surface area contributed by atoms with Gasteiger partial charge < -0.3 is 4.74 Å². The number of ether oxygens (including phenoxy) is 1. The van der Waals surface area contributed by atoms with Crippen LogP contribution in [0.1, 0.15) is 18.4 Å². The summed E-state index contributed by atoms with van der Waals surface area (Å²) in [7, 11) is 0. The van der Waals surface area contributed by atoms with Crippen molar-refractivity contribution in [2.45, 2.75) is 25.5 Å². The average Bonchev–Trinajstić information content (AvgIpc) is 3.08. The second kappa shape index (κ2) is 5.65. The number of rotatable bonds is 4. The number of nitrogens with zero attached hydrogens (tertiary/aromatic N) is 2. The van der Waals surface area contributed by atoms with Crippen molar-refractivity contribution >= 4 is 17.8 Å². The third kappa shape index (κ3) is 2.67. The Kier molecular flexibility index (Phi) is 3.70. The summed E-state index contributed by atoms with van der Waals surface area (Å²) in [5.74, 6) is -1.52. The van der Waals surface area contributed by atoms with E-state index >= 15 is 0 Å². The van der Waals surface area contributed by atoms with Crippen LogP contribution in [-0.2, 0) is 20.9 Å². The number of amides is 4. The quantitative estimate of drug-likeness (QED) is 0.616. The lowest BCUT2D eigenvalue weighted by Gasteiger charge is -2.18. The van der Waals surface area contributed by atoms with E-state index in [-0.39, 0.29) is 19.2 Å². The molecular formula is C15H16N2O4. The summed E-state index contributed by atoms with van der Waals surface area (Å²) in [6, 6.07) is 8.58. The summed E-state index contributed by atoms with van der Waals surface area (Å²) in [4.78, 5) is 38.2. The largest absolute Gasteiger partial charge is 0.376 e. The number of imide groups is 2. The molecule has 2 aliphatic rings. The fraction of sp³-hybridized carbons (Fsp3) is 0.400. The predicted octanol–water partition coefficient (Wildman–Crippen LogP) is 1.16. The number of urea groups is 1. The third-order valence-electron chi connectivity index (χ3n) is 3.73. The molecule has 1 aromatic rings. The SMILES string of the molecule is O=C1C(=O)N(C[C@H]2CCCO2)C(=O)N1Cc1ccccc1. The van der Waals surface area contributed by atoms with Crippen molar-refractivity contribution in [1.29, 1.82) is 0 Å². The molecule has 110 valence electrons. The monoisotopic (exact) mass is 288 g/mol. The Hall–Kier alpha value is -2.21. The van der Waals surface area contributed by atoms with Crippen LogP contribution in [0.15, 0.2) is 30.3 Å². The predicted molar refractivity (Wildman–Crippen MR) is 73.1 cm³/mol. The van der Waals surface area contributed by atoms with Crippen LogP contribution in [0.4, 0.5) is 4.79 Å². The molecule has 0 saturated carbocycles. The van der Waals surface area contributed by atoms with Crippen molar-refractivity contribution in [3.8, 4) is 0 Å². The minimum Gasteiger partial charge on any atom is -0.376 e. The molecule has 0 spiro atoms. The average molecular weight is 288 g/mol. The zero-order valence-corrected chi connectivity index (χ0v) is 11.5. The molecule has 0 aliphatic carbocycles. The Bertz CT molecular complexity index is 566. The number of hydrogen-bond acceptors (Lipinski definition) is 4. The van der Waals surface area contributed by atoms with Gasteiger partial charge in [-0.05, 0) is 18.4 Å². The Morgan fingerprint density at radius 2 is 1.76 bits per heavy atom. The number of hydrogen-bond donors (Lipinski definition) is 0. The molecule has 21 heavy (non-hydrogen) atoms. The van der Waals surface area contributed by atoms with E-state index in [1.807, 2.05) is 30.3 Å². The first-order chi connectivity index (χ1) is 10.2. The van der Waals surface area contributed by atoms with Gasteiger partial charge in [-0.1, -0.05) is 30.3 Å². The molecule has 0 N–H and O–H groups in total. The summed E-state index contributed by atoms with van der Waals surface area (Å²) < 4.78 is 5.42. The Morgan fingerprint density at radius 3 is 2.43 bits per heavy atom. The maximum absolute atomic E-state index is 12.3. The first-order valence-corrected chi connectivity index (χ1v) is 6.99. The highest BCUT2D eigenvalue weighted by Gasteiger charge is 2.45. The van der Waals surface area contributed by atoms with Crippen LogP contribution in [0.5, 0.6) is 0 Å². The maximum Gasteiger partial charge on any atom is 0.334 e. The minimum absolute atomic E-state index is 0.117. The molecule has 2 heterocycles. The van der Waals surface area contributed by atoms with E-state index in [0.717, 1.165) is 28.2 Å². The third-order valence-corrected chi connectivity index (χ3v) is 3.73. The van der Waals surface area contributed by atoms with Crippen LogP contribution in [0.25, 0.3) is 0 Å². The van der Waals surface area contributed by atoms with Gasteiger partial charge >= 0.3 is 17.8 Å². The highest BCUT2D eigenvalue weighted by atomic mass is 16.5. The van der Waals surface area contributed by atoms with Crippen molar-refractivity contribution in [1.82, 2.24) is 9.80 Å². The van der Waals surface area contributed by atoms with Gasteiger partial charge in [-0.2, -0.15) is 0 Å². The van der Waals surface area contributed by atoms with E-state index < -0.39 is 17.8 Å². The van der Waals surface area contributed by atoms with Crippen LogP contribution >= 0.6 is 0 Å². The van der Waals surface area contributed by atoms with Crippen LogP contribution in [0.3, 0.4) is 0 Å². The molecule has 2 aliphatic heterocycles. The van der Waals surface area contributed by atoms with Crippen LogP contribution < -0.4 is 0 Å². The van der Waals surface area contributed by atoms with Gasteiger partial charge in [0.05, 0.1) is 19.2 Å².